The summed E-state index contributed by atoms with van der Waals surface area (Å²) in [7, 11) is 0. The number of nitriles is 1. The Bertz CT molecular complexity index is 677. The lowest BCUT2D eigenvalue weighted by Gasteiger charge is -2.06. The normalized spacial score (nSPS) is 9.95. The molecule has 2 rings (SSSR count). The van der Waals surface area contributed by atoms with Crippen LogP contribution in [-0.2, 0) is 0 Å². The molecule has 1 aromatic heterocycles. The summed E-state index contributed by atoms with van der Waals surface area (Å²) in [6, 6.07) is 8.86. The van der Waals surface area contributed by atoms with Crippen LogP contribution in [0.2, 0.25) is 0 Å². The van der Waals surface area contributed by atoms with Crippen molar-refractivity contribution in [2.75, 3.05) is 0 Å². The Balaban J connectivity index is 2.43. The van der Waals surface area contributed by atoms with E-state index in [0.29, 0.717) is 21.2 Å². The van der Waals surface area contributed by atoms with Crippen molar-refractivity contribution in [2.45, 2.75) is 23.9 Å². The molecule has 0 aliphatic rings. The second-order valence-electron chi connectivity index (χ2n) is 3.96. The molecule has 0 amide bonds. The molecular formula is C14H11N3OS. The van der Waals surface area contributed by atoms with Crippen LogP contribution in [0.4, 0.5) is 0 Å². The van der Waals surface area contributed by atoms with Gasteiger partial charge in [0.1, 0.15) is 0 Å². The summed E-state index contributed by atoms with van der Waals surface area (Å²) in [4.78, 5) is 20.7. The Kier molecular flexibility index (Phi) is 3.93. The molecule has 0 unspecified atom stereocenters. The Morgan fingerprint density at radius 3 is 2.79 bits per heavy atom. The maximum atomic E-state index is 11.6. The molecule has 4 nitrogen and oxygen atoms in total. The second kappa shape index (κ2) is 5.63. The molecule has 0 radical (unpaired) electrons. The highest BCUT2D eigenvalue weighted by Crippen LogP contribution is 2.29. The summed E-state index contributed by atoms with van der Waals surface area (Å²) < 4.78 is 0. The molecule has 0 aliphatic heterocycles. The summed E-state index contributed by atoms with van der Waals surface area (Å²) >= 11 is 1.29. The number of aryl methyl sites for hydroxylation is 1. The smallest absolute Gasteiger partial charge is 0.192 e. The predicted molar refractivity (Wildman–Crippen MR) is 72.1 cm³/mol. The van der Waals surface area contributed by atoms with Crippen molar-refractivity contribution in [2.24, 2.45) is 0 Å². The number of benzene rings is 1. The summed E-state index contributed by atoms with van der Waals surface area (Å²) in [5, 5.41) is 9.49. The van der Waals surface area contributed by atoms with Crippen molar-refractivity contribution in [1.29, 1.82) is 5.26 Å². The van der Waals surface area contributed by atoms with Gasteiger partial charge in [0, 0.05) is 22.3 Å². The fraction of sp³-hybridized carbons (Fsp3) is 0.143. The van der Waals surface area contributed by atoms with Crippen LogP contribution < -0.4 is 0 Å². The Morgan fingerprint density at radius 1 is 1.37 bits per heavy atom. The number of ketones is 1. The Labute approximate surface area is 115 Å². The zero-order chi connectivity index (χ0) is 13.8. The quantitative estimate of drug-likeness (QED) is 0.633. The lowest BCUT2D eigenvalue weighted by atomic mass is 10.1. The topological polar surface area (TPSA) is 66.6 Å². The van der Waals surface area contributed by atoms with Crippen molar-refractivity contribution in [3.8, 4) is 6.07 Å². The fourth-order valence-corrected chi connectivity index (χ4v) is 2.55. The SMILES string of the molecule is CC(=O)c1ccc(C#N)cc1Sc1nccc(C)n1. The van der Waals surface area contributed by atoms with Gasteiger partial charge in [0.25, 0.3) is 0 Å². The summed E-state index contributed by atoms with van der Waals surface area (Å²) in [5.41, 5.74) is 1.95. The van der Waals surface area contributed by atoms with Gasteiger partial charge in [0.2, 0.25) is 0 Å². The molecule has 1 aromatic carbocycles. The average Bonchev–Trinajstić information content (AvgIpc) is 2.38. The van der Waals surface area contributed by atoms with Crippen LogP contribution in [0.1, 0.15) is 28.5 Å². The first-order valence-corrected chi connectivity index (χ1v) is 6.44. The third kappa shape index (κ3) is 3.18. The zero-order valence-electron chi connectivity index (χ0n) is 10.5. The molecule has 0 saturated heterocycles. The molecule has 0 bridgehead atoms. The fourth-order valence-electron chi connectivity index (χ4n) is 1.54. The zero-order valence-corrected chi connectivity index (χ0v) is 11.4. The number of aromatic nitrogens is 2. The summed E-state index contributed by atoms with van der Waals surface area (Å²) in [6.45, 7) is 3.38. The highest BCUT2D eigenvalue weighted by Gasteiger charge is 2.11. The first kappa shape index (κ1) is 13.2. The van der Waals surface area contributed by atoms with Gasteiger partial charge in [-0.15, -0.1) is 0 Å². The minimum absolute atomic E-state index is 0.0420. The van der Waals surface area contributed by atoms with Crippen LogP contribution in [0.3, 0.4) is 0 Å². The van der Waals surface area contributed by atoms with E-state index in [0.717, 1.165) is 5.69 Å². The molecule has 2 aromatic rings. The van der Waals surface area contributed by atoms with E-state index in [1.165, 1.54) is 18.7 Å². The van der Waals surface area contributed by atoms with Gasteiger partial charge in [-0.3, -0.25) is 4.79 Å². The van der Waals surface area contributed by atoms with Gasteiger partial charge in [0.05, 0.1) is 11.6 Å². The molecule has 19 heavy (non-hydrogen) atoms. The molecule has 0 aliphatic carbocycles. The van der Waals surface area contributed by atoms with Gasteiger partial charge < -0.3 is 0 Å². The Morgan fingerprint density at radius 2 is 2.16 bits per heavy atom. The van der Waals surface area contributed by atoms with Gasteiger partial charge in [-0.1, -0.05) is 0 Å². The third-order valence-corrected chi connectivity index (χ3v) is 3.40. The average molecular weight is 269 g/mol. The number of nitrogens with zero attached hydrogens (tertiary/aromatic N) is 3. The number of hydrogen-bond acceptors (Lipinski definition) is 5. The third-order valence-electron chi connectivity index (χ3n) is 2.46. The molecular weight excluding hydrogens is 258 g/mol. The number of hydrogen-bond donors (Lipinski definition) is 0. The van der Waals surface area contributed by atoms with Gasteiger partial charge >= 0.3 is 0 Å². The van der Waals surface area contributed by atoms with Gasteiger partial charge in [-0.2, -0.15) is 5.26 Å². The minimum Gasteiger partial charge on any atom is -0.294 e. The molecule has 0 N–H and O–H groups in total. The maximum absolute atomic E-state index is 11.6. The number of carbonyl (C=O) groups is 1. The van der Waals surface area contributed by atoms with E-state index in [1.807, 2.05) is 13.0 Å². The minimum atomic E-state index is -0.0420. The van der Waals surface area contributed by atoms with Crippen LogP contribution >= 0.6 is 11.8 Å². The Hall–Kier alpha value is -2.19. The van der Waals surface area contributed by atoms with E-state index in [9.17, 15) is 4.79 Å². The van der Waals surface area contributed by atoms with Gasteiger partial charge in [0.15, 0.2) is 10.9 Å². The van der Waals surface area contributed by atoms with E-state index in [4.69, 9.17) is 5.26 Å². The van der Waals surface area contributed by atoms with Crippen molar-refractivity contribution in [1.82, 2.24) is 9.97 Å². The lowest BCUT2D eigenvalue weighted by Crippen LogP contribution is -1.97. The highest BCUT2D eigenvalue weighted by atomic mass is 32.2. The predicted octanol–water partition coefficient (Wildman–Crippen LogP) is 3.01. The van der Waals surface area contributed by atoms with Crippen molar-refractivity contribution >= 4 is 17.5 Å². The summed E-state index contributed by atoms with van der Waals surface area (Å²) in [6.07, 6.45) is 1.67. The maximum Gasteiger partial charge on any atom is 0.192 e. The second-order valence-corrected chi connectivity index (χ2v) is 4.97. The van der Waals surface area contributed by atoms with E-state index >= 15 is 0 Å². The monoisotopic (exact) mass is 269 g/mol. The molecule has 5 heteroatoms. The molecule has 0 saturated carbocycles. The van der Waals surface area contributed by atoms with E-state index in [1.54, 1.807) is 24.4 Å². The molecule has 0 spiro atoms. The first-order chi connectivity index (χ1) is 9.10. The van der Waals surface area contributed by atoms with Crippen LogP contribution in [0.25, 0.3) is 0 Å². The summed E-state index contributed by atoms with van der Waals surface area (Å²) in [5.74, 6) is -0.0420. The van der Waals surface area contributed by atoms with Crippen molar-refractivity contribution in [3.63, 3.8) is 0 Å². The molecule has 0 atom stereocenters. The van der Waals surface area contributed by atoms with E-state index in [-0.39, 0.29) is 5.78 Å². The van der Waals surface area contributed by atoms with Crippen molar-refractivity contribution < 1.29 is 4.79 Å². The number of rotatable bonds is 3. The van der Waals surface area contributed by atoms with Crippen LogP contribution in [0.5, 0.6) is 0 Å². The van der Waals surface area contributed by atoms with Crippen LogP contribution in [0, 0.1) is 18.3 Å². The van der Waals surface area contributed by atoms with Gasteiger partial charge in [-0.25, -0.2) is 9.97 Å². The largest absolute Gasteiger partial charge is 0.294 e. The molecule has 94 valence electrons. The number of Topliss-reactive ketones (excluding diaryl/α,β-unsaturated/α-hetero) is 1. The van der Waals surface area contributed by atoms with Crippen LogP contribution in [-0.4, -0.2) is 15.8 Å². The molecule has 0 fully saturated rings. The number of carbonyl (C=O) groups excluding carboxylic acids is 1. The lowest BCUT2D eigenvalue weighted by molar-refractivity contribution is 0.101. The van der Waals surface area contributed by atoms with Crippen LogP contribution in [0.15, 0.2) is 40.5 Å². The van der Waals surface area contributed by atoms with E-state index in [2.05, 4.69) is 16.0 Å². The standard InChI is InChI=1S/C14H11N3OS/c1-9-5-6-16-14(17-9)19-13-7-11(8-15)3-4-12(13)10(2)18/h3-7H,1-2H3. The first-order valence-electron chi connectivity index (χ1n) is 5.63. The molecule has 1 heterocycles. The van der Waals surface area contributed by atoms with Crippen molar-refractivity contribution in [3.05, 3.63) is 47.3 Å². The highest BCUT2D eigenvalue weighted by molar-refractivity contribution is 7.99. The van der Waals surface area contributed by atoms with Gasteiger partial charge in [-0.05, 0) is 49.9 Å². The van der Waals surface area contributed by atoms with E-state index < -0.39 is 0 Å².